The van der Waals surface area contributed by atoms with Crippen molar-refractivity contribution in [2.24, 2.45) is 0 Å². The summed E-state index contributed by atoms with van der Waals surface area (Å²) < 4.78 is 0. The largest absolute Gasteiger partial charge is 0.480 e. The summed E-state index contributed by atoms with van der Waals surface area (Å²) in [5.74, 6) is -0.988. The monoisotopic (exact) mass is 342 g/mol. The van der Waals surface area contributed by atoms with E-state index >= 15 is 0 Å². The summed E-state index contributed by atoms with van der Waals surface area (Å²) >= 11 is 0. The molecule has 0 aliphatic rings. The van der Waals surface area contributed by atoms with Crippen LogP contribution < -0.4 is 10.6 Å². The lowest BCUT2D eigenvalue weighted by atomic mass is 10.1. The molecule has 0 bridgehead atoms. The molecule has 0 aromatic rings. The molecule has 5 heteroatoms. The third kappa shape index (κ3) is 14.3. The topological polar surface area (TPSA) is 78.4 Å². The summed E-state index contributed by atoms with van der Waals surface area (Å²) in [5, 5.41) is 14.0. The highest BCUT2D eigenvalue weighted by Crippen LogP contribution is 2.11. The first-order valence-electron chi connectivity index (χ1n) is 9.89. The van der Waals surface area contributed by atoms with Crippen LogP contribution in [0, 0.1) is 0 Å². The normalized spacial score (nSPS) is 11.9. The molecule has 142 valence electrons. The first-order chi connectivity index (χ1) is 11.6. The molecule has 24 heavy (non-hydrogen) atoms. The van der Waals surface area contributed by atoms with Crippen LogP contribution in [0.2, 0.25) is 0 Å². The van der Waals surface area contributed by atoms with E-state index in [9.17, 15) is 9.59 Å². The number of hydrogen-bond acceptors (Lipinski definition) is 2. The van der Waals surface area contributed by atoms with Crippen LogP contribution in [0.15, 0.2) is 0 Å². The second kappa shape index (κ2) is 16.6. The Morgan fingerprint density at radius 3 is 1.67 bits per heavy atom. The number of carboxylic acids is 1. The maximum atomic E-state index is 11.5. The standard InChI is InChI=1S/C19H38N2O3/c1-3-5-6-7-8-9-10-11-12-13-14-15-16-20-19(24)21-17(4-2)18(22)23/h17H,3-16H2,1-2H3,(H,22,23)(H2,20,21,24). The van der Waals surface area contributed by atoms with E-state index < -0.39 is 12.0 Å². The van der Waals surface area contributed by atoms with Crippen molar-refractivity contribution in [1.29, 1.82) is 0 Å². The molecule has 0 fully saturated rings. The number of carbonyl (C=O) groups is 2. The van der Waals surface area contributed by atoms with Gasteiger partial charge in [-0.15, -0.1) is 0 Å². The number of aliphatic carboxylic acids is 1. The van der Waals surface area contributed by atoms with E-state index in [2.05, 4.69) is 17.6 Å². The van der Waals surface area contributed by atoms with Gasteiger partial charge in [-0.1, -0.05) is 84.5 Å². The Bertz CT molecular complexity index is 322. The number of nitrogens with one attached hydrogen (secondary N) is 2. The summed E-state index contributed by atoms with van der Waals surface area (Å²) in [6.45, 7) is 4.60. The van der Waals surface area contributed by atoms with Gasteiger partial charge in [-0.05, 0) is 12.8 Å². The first-order valence-corrected chi connectivity index (χ1v) is 9.89. The van der Waals surface area contributed by atoms with E-state index in [4.69, 9.17) is 5.11 Å². The Kier molecular flexibility index (Phi) is 15.7. The van der Waals surface area contributed by atoms with Crippen molar-refractivity contribution in [3.05, 3.63) is 0 Å². The van der Waals surface area contributed by atoms with Gasteiger partial charge < -0.3 is 15.7 Å². The van der Waals surface area contributed by atoms with Crippen LogP contribution in [0.3, 0.4) is 0 Å². The highest BCUT2D eigenvalue weighted by Gasteiger charge is 2.16. The molecule has 1 unspecified atom stereocenters. The van der Waals surface area contributed by atoms with E-state index in [0.717, 1.165) is 12.8 Å². The van der Waals surface area contributed by atoms with Gasteiger partial charge in [0.15, 0.2) is 0 Å². The minimum atomic E-state index is -0.988. The summed E-state index contributed by atoms with van der Waals surface area (Å²) in [6, 6.07) is -1.18. The van der Waals surface area contributed by atoms with Crippen LogP contribution in [0.5, 0.6) is 0 Å². The maximum absolute atomic E-state index is 11.5. The quantitative estimate of drug-likeness (QED) is 0.351. The molecule has 3 N–H and O–H groups in total. The smallest absolute Gasteiger partial charge is 0.326 e. The van der Waals surface area contributed by atoms with Gasteiger partial charge in [-0.25, -0.2) is 9.59 Å². The molecule has 2 amide bonds. The predicted octanol–water partition coefficient (Wildman–Crippen LogP) is 4.85. The van der Waals surface area contributed by atoms with Gasteiger partial charge >= 0.3 is 12.0 Å². The number of rotatable bonds is 16. The Hall–Kier alpha value is -1.26. The van der Waals surface area contributed by atoms with Crippen LogP contribution in [0.25, 0.3) is 0 Å². The lowest BCUT2D eigenvalue weighted by Gasteiger charge is -2.13. The van der Waals surface area contributed by atoms with E-state index in [0.29, 0.717) is 13.0 Å². The predicted molar refractivity (Wildman–Crippen MR) is 99.3 cm³/mol. The van der Waals surface area contributed by atoms with Crippen molar-refractivity contribution in [2.45, 2.75) is 103 Å². The minimum absolute atomic E-state index is 0.382. The highest BCUT2D eigenvalue weighted by atomic mass is 16.4. The molecule has 5 nitrogen and oxygen atoms in total. The molecular formula is C19H38N2O3. The average Bonchev–Trinajstić information content (AvgIpc) is 2.56. The maximum Gasteiger partial charge on any atom is 0.326 e. The van der Waals surface area contributed by atoms with E-state index in [1.807, 2.05) is 0 Å². The van der Waals surface area contributed by atoms with Gasteiger partial charge in [-0.3, -0.25) is 0 Å². The second-order valence-electron chi connectivity index (χ2n) is 6.59. The van der Waals surface area contributed by atoms with E-state index in [-0.39, 0.29) is 6.03 Å². The molecule has 0 saturated carbocycles. The SMILES string of the molecule is CCCCCCCCCCCCCCNC(=O)NC(CC)C(=O)O. The molecule has 0 aliphatic heterocycles. The fraction of sp³-hybridized carbons (Fsp3) is 0.895. The number of amides is 2. The fourth-order valence-electron chi connectivity index (χ4n) is 2.72. The van der Waals surface area contributed by atoms with Gasteiger partial charge in [0.2, 0.25) is 0 Å². The fourth-order valence-corrected chi connectivity index (χ4v) is 2.72. The van der Waals surface area contributed by atoms with Gasteiger partial charge in [0.05, 0.1) is 0 Å². The van der Waals surface area contributed by atoms with Crippen molar-refractivity contribution in [2.75, 3.05) is 6.54 Å². The highest BCUT2D eigenvalue weighted by molar-refractivity contribution is 5.82. The van der Waals surface area contributed by atoms with Gasteiger partial charge in [0.1, 0.15) is 6.04 Å². The van der Waals surface area contributed by atoms with Gasteiger partial charge in [-0.2, -0.15) is 0 Å². The summed E-state index contributed by atoms with van der Waals surface area (Å²) in [4.78, 5) is 22.3. The zero-order valence-electron chi connectivity index (χ0n) is 15.7. The lowest BCUT2D eigenvalue weighted by Crippen LogP contribution is -2.45. The molecule has 1 atom stereocenters. The number of unbranched alkanes of at least 4 members (excludes halogenated alkanes) is 11. The van der Waals surface area contributed by atoms with E-state index in [1.165, 1.54) is 64.2 Å². The molecule has 0 saturated heterocycles. The third-order valence-corrected chi connectivity index (χ3v) is 4.33. The molecule has 0 rings (SSSR count). The van der Waals surface area contributed by atoms with Crippen LogP contribution in [0.1, 0.15) is 97.3 Å². The molecule has 0 aliphatic carbocycles. The molecule has 0 heterocycles. The summed E-state index contributed by atoms with van der Waals surface area (Å²) in [5.41, 5.74) is 0. The molecule has 0 aromatic carbocycles. The summed E-state index contributed by atoms with van der Waals surface area (Å²) in [7, 11) is 0. The average molecular weight is 343 g/mol. The van der Waals surface area contributed by atoms with Crippen LogP contribution in [-0.4, -0.2) is 29.7 Å². The molecule has 0 aromatic heterocycles. The molecule has 0 spiro atoms. The number of hydrogen-bond donors (Lipinski definition) is 3. The van der Waals surface area contributed by atoms with E-state index in [1.54, 1.807) is 6.92 Å². The van der Waals surface area contributed by atoms with Gasteiger partial charge in [0, 0.05) is 6.54 Å². The Balaban J connectivity index is 3.30. The number of carboxylic acid groups (broad SMARTS) is 1. The van der Waals surface area contributed by atoms with Crippen molar-refractivity contribution >= 4 is 12.0 Å². The van der Waals surface area contributed by atoms with Crippen LogP contribution in [-0.2, 0) is 4.79 Å². The molecular weight excluding hydrogens is 304 g/mol. The zero-order chi connectivity index (χ0) is 18.0. The van der Waals surface area contributed by atoms with Crippen molar-refractivity contribution in [3.8, 4) is 0 Å². The summed E-state index contributed by atoms with van der Waals surface area (Å²) in [6.07, 6.45) is 15.8. The minimum Gasteiger partial charge on any atom is -0.480 e. The second-order valence-corrected chi connectivity index (χ2v) is 6.59. The first kappa shape index (κ1) is 22.7. The van der Waals surface area contributed by atoms with Gasteiger partial charge in [0.25, 0.3) is 0 Å². The van der Waals surface area contributed by atoms with Crippen molar-refractivity contribution in [1.82, 2.24) is 10.6 Å². The van der Waals surface area contributed by atoms with Crippen molar-refractivity contribution < 1.29 is 14.7 Å². The zero-order valence-corrected chi connectivity index (χ0v) is 15.7. The lowest BCUT2D eigenvalue weighted by molar-refractivity contribution is -0.139. The Morgan fingerprint density at radius 1 is 0.792 bits per heavy atom. The number of carbonyl (C=O) groups excluding carboxylic acids is 1. The van der Waals surface area contributed by atoms with Crippen molar-refractivity contribution in [3.63, 3.8) is 0 Å². The Morgan fingerprint density at radius 2 is 1.25 bits per heavy atom. The molecule has 0 radical (unpaired) electrons. The third-order valence-electron chi connectivity index (χ3n) is 4.33. The van der Waals surface area contributed by atoms with Crippen LogP contribution >= 0.6 is 0 Å². The number of urea groups is 1. The van der Waals surface area contributed by atoms with Crippen LogP contribution in [0.4, 0.5) is 4.79 Å². The Labute approximate surface area is 148 Å².